The van der Waals surface area contributed by atoms with E-state index in [2.05, 4.69) is 19.2 Å². The van der Waals surface area contributed by atoms with Gasteiger partial charge in [0.25, 0.3) is 5.91 Å². The minimum absolute atomic E-state index is 0.0785. The Morgan fingerprint density at radius 1 is 1.19 bits per heavy atom. The van der Waals surface area contributed by atoms with Gasteiger partial charge >= 0.3 is 0 Å². The largest absolute Gasteiger partial charge is 0.487 e. The highest BCUT2D eigenvalue weighted by atomic mass is 16.5. The van der Waals surface area contributed by atoms with Crippen LogP contribution in [-0.2, 0) is 4.79 Å². The van der Waals surface area contributed by atoms with Gasteiger partial charge in [-0.1, -0.05) is 50.2 Å². The van der Waals surface area contributed by atoms with Crippen molar-refractivity contribution in [2.75, 3.05) is 0 Å². The molecule has 1 aliphatic heterocycles. The minimum atomic E-state index is -0.571. The van der Waals surface area contributed by atoms with Crippen molar-refractivity contribution in [3.8, 4) is 11.5 Å². The lowest BCUT2D eigenvalue weighted by Crippen LogP contribution is -2.47. The van der Waals surface area contributed by atoms with Crippen LogP contribution in [0.2, 0.25) is 0 Å². The van der Waals surface area contributed by atoms with Crippen LogP contribution in [0, 0.1) is 6.92 Å². The zero-order valence-electron chi connectivity index (χ0n) is 16.6. The Bertz CT molecular complexity index is 798. The molecule has 1 heterocycles. The molecule has 4 nitrogen and oxygen atoms in total. The zero-order chi connectivity index (χ0) is 19.4. The fourth-order valence-corrected chi connectivity index (χ4v) is 3.65. The molecule has 0 spiro atoms. The number of ether oxygens (including phenoxy) is 2. The third-order valence-corrected chi connectivity index (χ3v) is 5.57. The lowest BCUT2D eigenvalue weighted by atomic mass is 9.83. The average molecular weight is 367 g/mol. The first kappa shape index (κ1) is 19.3. The van der Waals surface area contributed by atoms with E-state index in [0.29, 0.717) is 0 Å². The van der Waals surface area contributed by atoms with Crippen molar-refractivity contribution in [1.82, 2.24) is 5.32 Å². The monoisotopic (exact) mass is 367 g/mol. The van der Waals surface area contributed by atoms with E-state index >= 15 is 0 Å². The number of hydrogen-bond donors (Lipinski definition) is 1. The van der Waals surface area contributed by atoms with Crippen molar-refractivity contribution in [2.24, 2.45) is 0 Å². The fraction of sp³-hybridized carbons (Fsp3) is 0.435. The van der Waals surface area contributed by atoms with Crippen LogP contribution in [0.3, 0.4) is 0 Å². The van der Waals surface area contributed by atoms with Crippen molar-refractivity contribution in [3.63, 3.8) is 0 Å². The van der Waals surface area contributed by atoms with E-state index in [-0.39, 0.29) is 17.6 Å². The van der Waals surface area contributed by atoms with Crippen LogP contribution in [0.4, 0.5) is 0 Å². The molecular formula is C23H29NO3. The molecule has 0 aromatic heterocycles. The third-order valence-electron chi connectivity index (χ3n) is 5.57. The van der Waals surface area contributed by atoms with E-state index in [4.69, 9.17) is 9.47 Å². The minimum Gasteiger partial charge on any atom is -0.487 e. The lowest BCUT2D eigenvalue weighted by Gasteiger charge is -2.41. The Morgan fingerprint density at radius 3 is 2.56 bits per heavy atom. The first-order valence-corrected chi connectivity index (χ1v) is 9.78. The number of para-hydroxylation sites is 2. The van der Waals surface area contributed by atoms with E-state index in [1.807, 2.05) is 55.5 Å². The number of fused-ring (bicyclic) bond motifs is 1. The van der Waals surface area contributed by atoms with Crippen LogP contribution < -0.4 is 14.8 Å². The van der Waals surface area contributed by atoms with E-state index in [1.165, 1.54) is 0 Å². The molecule has 2 aromatic rings. The molecule has 0 aliphatic carbocycles. The maximum Gasteiger partial charge on any atom is 0.261 e. The maximum atomic E-state index is 12.8. The van der Waals surface area contributed by atoms with Crippen LogP contribution in [0.15, 0.2) is 48.5 Å². The van der Waals surface area contributed by atoms with E-state index in [0.717, 1.165) is 41.9 Å². The van der Waals surface area contributed by atoms with Gasteiger partial charge in [-0.05, 0) is 44.4 Å². The second-order valence-electron chi connectivity index (χ2n) is 7.32. The summed E-state index contributed by atoms with van der Waals surface area (Å²) < 4.78 is 12.2. The quantitative estimate of drug-likeness (QED) is 0.785. The van der Waals surface area contributed by atoms with Crippen molar-refractivity contribution >= 4 is 5.91 Å². The standard InChI is InChI=1S/C23H29NO3/c1-5-23(6-2)15-19(18-12-8-10-14-21(18)27-23)24-22(25)17(4)26-20-13-9-7-11-16(20)3/h7-14,17,19H,5-6,15H2,1-4H3,(H,24,25). The summed E-state index contributed by atoms with van der Waals surface area (Å²) >= 11 is 0. The number of carbonyl (C=O) groups is 1. The first-order valence-electron chi connectivity index (χ1n) is 9.78. The summed E-state index contributed by atoms with van der Waals surface area (Å²) in [6, 6.07) is 15.6. The normalized spacial score (nSPS) is 18.7. The number of benzene rings is 2. The number of amides is 1. The smallest absolute Gasteiger partial charge is 0.261 e. The van der Waals surface area contributed by atoms with Gasteiger partial charge < -0.3 is 14.8 Å². The number of aryl methyl sites for hydroxylation is 1. The number of nitrogens with one attached hydrogen (secondary N) is 1. The van der Waals surface area contributed by atoms with Gasteiger partial charge in [-0.2, -0.15) is 0 Å². The molecule has 144 valence electrons. The summed E-state index contributed by atoms with van der Waals surface area (Å²) in [5.41, 5.74) is 1.81. The second kappa shape index (κ2) is 8.03. The average Bonchev–Trinajstić information content (AvgIpc) is 2.69. The van der Waals surface area contributed by atoms with Gasteiger partial charge in [0.15, 0.2) is 6.10 Å². The van der Waals surface area contributed by atoms with Gasteiger partial charge in [-0.3, -0.25) is 4.79 Å². The molecule has 1 aliphatic rings. The summed E-state index contributed by atoms with van der Waals surface area (Å²) in [7, 11) is 0. The Morgan fingerprint density at radius 2 is 1.85 bits per heavy atom. The first-order chi connectivity index (χ1) is 13.0. The Hall–Kier alpha value is -2.49. The molecule has 3 rings (SSSR count). The fourth-order valence-electron chi connectivity index (χ4n) is 3.65. The van der Waals surface area contributed by atoms with Crippen LogP contribution in [-0.4, -0.2) is 17.6 Å². The van der Waals surface area contributed by atoms with Crippen molar-refractivity contribution < 1.29 is 14.3 Å². The van der Waals surface area contributed by atoms with Crippen LogP contribution in [0.25, 0.3) is 0 Å². The molecule has 1 amide bonds. The molecule has 0 bridgehead atoms. The molecule has 0 radical (unpaired) electrons. The molecule has 0 saturated heterocycles. The van der Waals surface area contributed by atoms with Crippen LogP contribution >= 0.6 is 0 Å². The Kier molecular flexibility index (Phi) is 5.73. The van der Waals surface area contributed by atoms with Gasteiger partial charge in [0.2, 0.25) is 0 Å². The number of hydrogen-bond acceptors (Lipinski definition) is 3. The Balaban J connectivity index is 1.77. The van der Waals surface area contributed by atoms with Gasteiger partial charge in [0.1, 0.15) is 17.1 Å². The van der Waals surface area contributed by atoms with E-state index < -0.39 is 6.10 Å². The summed E-state index contributed by atoms with van der Waals surface area (Å²) in [6.07, 6.45) is 2.00. The lowest BCUT2D eigenvalue weighted by molar-refractivity contribution is -0.128. The van der Waals surface area contributed by atoms with Crippen molar-refractivity contribution in [3.05, 3.63) is 59.7 Å². The summed E-state index contributed by atoms with van der Waals surface area (Å²) in [4.78, 5) is 12.8. The number of rotatable bonds is 6. The summed E-state index contributed by atoms with van der Waals surface area (Å²) in [5.74, 6) is 1.50. The van der Waals surface area contributed by atoms with Gasteiger partial charge in [0, 0.05) is 12.0 Å². The molecule has 2 atom stereocenters. The van der Waals surface area contributed by atoms with E-state index in [9.17, 15) is 4.79 Å². The maximum absolute atomic E-state index is 12.8. The highest BCUT2D eigenvalue weighted by Gasteiger charge is 2.39. The van der Waals surface area contributed by atoms with Crippen molar-refractivity contribution in [1.29, 1.82) is 0 Å². The van der Waals surface area contributed by atoms with E-state index in [1.54, 1.807) is 6.92 Å². The molecule has 2 aromatic carbocycles. The molecule has 0 saturated carbocycles. The topological polar surface area (TPSA) is 47.6 Å². The van der Waals surface area contributed by atoms with Crippen LogP contribution in [0.1, 0.15) is 57.2 Å². The molecular weight excluding hydrogens is 338 g/mol. The van der Waals surface area contributed by atoms with Crippen LogP contribution in [0.5, 0.6) is 11.5 Å². The summed E-state index contributed by atoms with van der Waals surface area (Å²) in [6.45, 7) is 8.05. The van der Waals surface area contributed by atoms with Gasteiger partial charge in [-0.15, -0.1) is 0 Å². The van der Waals surface area contributed by atoms with Gasteiger partial charge in [0.05, 0.1) is 6.04 Å². The van der Waals surface area contributed by atoms with Gasteiger partial charge in [-0.25, -0.2) is 0 Å². The second-order valence-corrected chi connectivity index (χ2v) is 7.32. The predicted octanol–water partition coefficient (Wildman–Crippen LogP) is 4.96. The third kappa shape index (κ3) is 4.10. The number of carbonyl (C=O) groups excluding carboxylic acids is 1. The molecule has 27 heavy (non-hydrogen) atoms. The summed E-state index contributed by atoms with van der Waals surface area (Å²) in [5, 5.41) is 3.19. The highest BCUT2D eigenvalue weighted by molar-refractivity contribution is 5.81. The molecule has 2 unspecified atom stereocenters. The molecule has 0 fully saturated rings. The molecule has 1 N–H and O–H groups in total. The SMILES string of the molecule is CCC1(CC)CC(NC(=O)C(C)Oc2ccccc2C)c2ccccc2O1. The zero-order valence-corrected chi connectivity index (χ0v) is 16.6. The predicted molar refractivity (Wildman–Crippen MR) is 107 cm³/mol. The highest BCUT2D eigenvalue weighted by Crippen LogP contribution is 2.42. The van der Waals surface area contributed by atoms with Crippen molar-refractivity contribution in [2.45, 2.75) is 64.7 Å². The Labute approximate surface area is 161 Å². The molecule has 4 heteroatoms.